The molecule has 1 atom stereocenters. The van der Waals surface area contributed by atoms with Crippen molar-refractivity contribution in [3.05, 3.63) is 63.1 Å². The molecule has 3 aromatic rings. The molecule has 12 nitrogen and oxygen atoms in total. The van der Waals surface area contributed by atoms with E-state index in [0.29, 0.717) is 39.4 Å². The molecule has 0 saturated carbocycles. The molecule has 13 heteroatoms. The van der Waals surface area contributed by atoms with Crippen LogP contribution in [0.25, 0.3) is 0 Å². The Morgan fingerprint density at radius 3 is 2.62 bits per heavy atom. The van der Waals surface area contributed by atoms with Gasteiger partial charge in [-0.2, -0.15) is 10.5 Å². The Labute approximate surface area is 232 Å². The van der Waals surface area contributed by atoms with Gasteiger partial charge in [-0.1, -0.05) is 17.7 Å². The van der Waals surface area contributed by atoms with Crippen molar-refractivity contribution in [1.82, 2.24) is 10.3 Å². The number of amides is 1. The highest BCUT2D eigenvalue weighted by Gasteiger charge is 2.31. The van der Waals surface area contributed by atoms with Crippen LogP contribution in [0.4, 0.5) is 23.0 Å². The number of rotatable bonds is 7. The molecule has 4 rings (SSSR count). The van der Waals surface area contributed by atoms with Gasteiger partial charge >= 0.3 is 0 Å². The van der Waals surface area contributed by atoms with Gasteiger partial charge in [-0.15, -0.1) is 0 Å². The Kier molecular flexibility index (Phi) is 8.03. The third kappa shape index (κ3) is 5.79. The number of nitrogens with one attached hydrogen (secondary N) is 3. The Hall–Kier alpha value is -5.01. The van der Waals surface area contributed by atoms with Crippen molar-refractivity contribution >= 4 is 50.8 Å². The monoisotopic (exact) mass is 589 g/mol. The van der Waals surface area contributed by atoms with E-state index in [9.17, 15) is 10.1 Å². The molecule has 7 N–H and O–H groups in total. The number of nitrogens with zero attached hydrogens (tertiary/aromatic N) is 4. The number of aryl methyl sites for hydroxylation is 1. The van der Waals surface area contributed by atoms with Crippen LogP contribution in [0.2, 0.25) is 0 Å². The lowest BCUT2D eigenvalue weighted by atomic mass is 9.95. The zero-order valence-electron chi connectivity index (χ0n) is 21.0. The van der Waals surface area contributed by atoms with Crippen LogP contribution < -0.4 is 36.9 Å². The molecule has 0 spiro atoms. The molecule has 0 aliphatic carbocycles. The molecule has 0 bridgehead atoms. The minimum Gasteiger partial charge on any atom is -0.490 e. The first kappa shape index (κ1) is 27.0. The molecule has 1 aromatic heterocycles. The van der Waals surface area contributed by atoms with E-state index in [0.717, 1.165) is 5.56 Å². The number of nitriles is 2. The predicted molar refractivity (Wildman–Crippen MR) is 150 cm³/mol. The van der Waals surface area contributed by atoms with E-state index in [1.165, 1.54) is 0 Å². The van der Waals surface area contributed by atoms with Crippen LogP contribution in [0.5, 0.6) is 11.5 Å². The third-order valence-corrected chi connectivity index (χ3v) is 6.28. The first-order chi connectivity index (χ1) is 18.7. The van der Waals surface area contributed by atoms with Gasteiger partial charge in [0.1, 0.15) is 29.3 Å². The van der Waals surface area contributed by atoms with Gasteiger partial charge in [0.25, 0.3) is 5.91 Å². The lowest BCUT2D eigenvalue weighted by Crippen LogP contribution is -2.32. The van der Waals surface area contributed by atoms with E-state index >= 15 is 0 Å². The molecule has 198 valence electrons. The Bertz CT molecular complexity index is 1540. The van der Waals surface area contributed by atoms with Gasteiger partial charge in [0.05, 0.1) is 16.8 Å². The van der Waals surface area contributed by atoms with Gasteiger partial charge in [-0.05, 0) is 59.6 Å². The highest BCUT2D eigenvalue weighted by atomic mass is 79.9. The second kappa shape index (κ2) is 11.6. The summed E-state index contributed by atoms with van der Waals surface area (Å²) in [6, 6.07) is 12.0. The maximum absolute atomic E-state index is 12.5. The van der Waals surface area contributed by atoms with Gasteiger partial charge < -0.3 is 31.6 Å². The van der Waals surface area contributed by atoms with E-state index in [1.807, 2.05) is 50.4 Å². The molecule has 1 aliphatic heterocycles. The number of fused-ring (bicyclic) bond motifs is 1. The number of aromatic nitrogens is 1. The van der Waals surface area contributed by atoms with Gasteiger partial charge in [-0.25, -0.2) is 9.98 Å². The zero-order chi connectivity index (χ0) is 28.1. The minimum absolute atomic E-state index is 0.0242. The maximum atomic E-state index is 12.5. The van der Waals surface area contributed by atoms with Crippen LogP contribution in [0.15, 0.2) is 45.9 Å². The van der Waals surface area contributed by atoms with Crippen LogP contribution in [0, 0.1) is 29.7 Å². The summed E-state index contributed by atoms with van der Waals surface area (Å²) in [7, 11) is 0. The number of carbonyl (C=O) groups excluding carboxylic acids is 1. The SMILES string of the molecule is CCOc1cc(C2N=C(NC#N)Nc3nc(N)c(C#N)c(N)c32)cc(Br)c1OCC(=O)Nc1ccc(C)cc1. The number of carbonyl (C=O) groups is 1. The highest BCUT2D eigenvalue weighted by Crippen LogP contribution is 2.45. The number of benzene rings is 2. The Morgan fingerprint density at radius 2 is 1.95 bits per heavy atom. The molecule has 1 amide bonds. The summed E-state index contributed by atoms with van der Waals surface area (Å²) < 4.78 is 12.2. The fourth-order valence-electron chi connectivity index (χ4n) is 3.94. The van der Waals surface area contributed by atoms with Gasteiger partial charge in [0.2, 0.25) is 5.96 Å². The largest absolute Gasteiger partial charge is 0.490 e. The van der Waals surface area contributed by atoms with Crippen LogP contribution in [0.1, 0.15) is 35.2 Å². The van der Waals surface area contributed by atoms with Crippen molar-refractivity contribution in [2.75, 3.05) is 35.3 Å². The summed E-state index contributed by atoms with van der Waals surface area (Å²) in [5, 5.41) is 26.8. The average molecular weight is 590 g/mol. The fourth-order valence-corrected chi connectivity index (χ4v) is 4.52. The van der Waals surface area contributed by atoms with Crippen LogP contribution in [-0.4, -0.2) is 30.1 Å². The summed E-state index contributed by atoms with van der Waals surface area (Å²) in [6.07, 6.45) is 1.81. The van der Waals surface area contributed by atoms with Crippen molar-refractivity contribution in [3.8, 4) is 23.8 Å². The quantitative estimate of drug-likeness (QED) is 0.200. The normalized spacial score (nSPS) is 13.6. The summed E-state index contributed by atoms with van der Waals surface area (Å²) in [4.78, 5) is 21.3. The summed E-state index contributed by atoms with van der Waals surface area (Å²) >= 11 is 3.52. The van der Waals surface area contributed by atoms with E-state index in [2.05, 4.69) is 41.9 Å². The minimum atomic E-state index is -0.785. The number of nitrogen functional groups attached to an aromatic ring is 2. The van der Waals surface area contributed by atoms with Crippen molar-refractivity contribution in [2.45, 2.75) is 19.9 Å². The van der Waals surface area contributed by atoms with E-state index in [4.69, 9.17) is 26.2 Å². The lowest BCUT2D eigenvalue weighted by molar-refractivity contribution is -0.118. The molecule has 0 radical (unpaired) electrons. The first-order valence-electron chi connectivity index (χ1n) is 11.7. The maximum Gasteiger partial charge on any atom is 0.262 e. The molecule has 1 aliphatic rings. The van der Waals surface area contributed by atoms with Crippen molar-refractivity contribution < 1.29 is 14.3 Å². The van der Waals surface area contributed by atoms with E-state index in [1.54, 1.807) is 12.1 Å². The summed E-state index contributed by atoms with van der Waals surface area (Å²) in [6.45, 7) is 3.82. The number of hydrogen-bond acceptors (Lipinski definition) is 11. The van der Waals surface area contributed by atoms with E-state index in [-0.39, 0.29) is 41.4 Å². The molecule has 1 unspecified atom stereocenters. The second-order valence-electron chi connectivity index (χ2n) is 8.37. The van der Waals surface area contributed by atoms with Gasteiger partial charge in [0, 0.05) is 11.3 Å². The number of pyridine rings is 1. The number of ether oxygens (including phenoxy) is 2. The van der Waals surface area contributed by atoms with Crippen molar-refractivity contribution in [2.24, 2.45) is 4.99 Å². The summed E-state index contributed by atoms with van der Waals surface area (Å²) in [5.41, 5.74) is 15.1. The molecule has 39 heavy (non-hydrogen) atoms. The van der Waals surface area contributed by atoms with Gasteiger partial charge in [-0.3, -0.25) is 10.1 Å². The molecule has 0 fully saturated rings. The predicted octanol–water partition coefficient (Wildman–Crippen LogP) is 3.55. The molecule has 0 saturated heterocycles. The molecular weight excluding hydrogens is 566 g/mol. The van der Waals surface area contributed by atoms with E-state index < -0.39 is 6.04 Å². The third-order valence-electron chi connectivity index (χ3n) is 5.69. The van der Waals surface area contributed by atoms with Crippen molar-refractivity contribution in [3.63, 3.8) is 0 Å². The highest BCUT2D eigenvalue weighted by molar-refractivity contribution is 9.10. The molecule has 2 heterocycles. The Morgan fingerprint density at radius 1 is 1.21 bits per heavy atom. The second-order valence-corrected chi connectivity index (χ2v) is 9.22. The standard InChI is InChI=1S/C26H24BrN9O3/c1-3-38-18-9-14(8-17(27)23(18)39-11-19(37)33-15-6-4-13(2)5-7-15)22-20-21(30)16(10-28)24(31)35-25(20)36-26(34-22)32-12-29/h4-9,22H,3,11H2,1-2H3,(H,33,37)(H6,30,31,32,34,35,36). The first-order valence-corrected chi connectivity index (χ1v) is 12.5. The van der Waals surface area contributed by atoms with Crippen LogP contribution in [-0.2, 0) is 4.79 Å². The number of hydrogen-bond donors (Lipinski definition) is 5. The molecular formula is C26H24BrN9O3. The fraction of sp³-hybridized carbons (Fsp3) is 0.192. The number of anilines is 4. The Balaban J connectivity index is 1.69. The average Bonchev–Trinajstić information content (AvgIpc) is 2.89. The van der Waals surface area contributed by atoms with Gasteiger partial charge in [0.15, 0.2) is 24.3 Å². The van der Waals surface area contributed by atoms with Crippen LogP contribution in [0.3, 0.4) is 0 Å². The zero-order valence-corrected chi connectivity index (χ0v) is 22.6. The summed E-state index contributed by atoms with van der Waals surface area (Å²) in [5.74, 6) is 0.632. The molecule has 2 aromatic carbocycles. The smallest absolute Gasteiger partial charge is 0.262 e. The number of guanidine groups is 1. The number of halogens is 1. The van der Waals surface area contributed by atoms with Crippen molar-refractivity contribution in [1.29, 1.82) is 10.5 Å². The topological polar surface area (TPSA) is 196 Å². The number of nitrogens with two attached hydrogens (primary N) is 2. The van der Waals surface area contributed by atoms with Crippen LogP contribution >= 0.6 is 15.9 Å². The number of aliphatic imine (C=N–C) groups is 1. The lowest BCUT2D eigenvalue weighted by Gasteiger charge is -2.27.